The third-order valence-electron chi connectivity index (χ3n) is 3.66. The van der Waals surface area contributed by atoms with Gasteiger partial charge in [-0.3, -0.25) is 4.79 Å². The Morgan fingerprint density at radius 2 is 1.96 bits per heavy atom. The number of Topliss-reactive ketones (excluding diaryl/α,β-unsaturated/α-hetero) is 1. The van der Waals surface area contributed by atoms with Gasteiger partial charge in [0.1, 0.15) is 0 Å². The highest BCUT2D eigenvalue weighted by molar-refractivity contribution is 7.99. The van der Waals surface area contributed by atoms with Gasteiger partial charge in [0, 0.05) is 29.7 Å². The lowest BCUT2D eigenvalue weighted by Gasteiger charge is -2.09. The Morgan fingerprint density at radius 3 is 2.61 bits per heavy atom. The molecule has 3 aromatic rings. The maximum atomic E-state index is 12.6. The Bertz CT molecular complexity index is 838. The summed E-state index contributed by atoms with van der Waals surface area (Å²) in [4.78, 5) is 12.6. The van der Waals surface area contributed by atoms with Gasteiger partial charge in [0.05, 0.1) is 5.75 Å². The molecule has 0 aliphatic rings. The Hall–Kier alpha value is -2.41. The molecule has 118 valence electrons. The van der Waals surface area contributed by atoms with E-state index in [0.717, 1.165) is 22.6 Å². The summed E-state index contributed by atoms with van der Waals surface area (Å²) in [5.74, 6) is 0.390. The van der Waals surface area contributed by atoms with Crippen molar-refractivity contribution in [2.45, 2.75) is 19.0 Å². The van der Waals surface area contributed by atoms with Crippen LogP contribution in [0.15, 0.2) is 41.6 Å². The van der Waals surface area contributed by atoms with Crippen LogP contribution in [0.5, 0.6) is 0 Å². The van der Waals surface area contributed by atoms with Gasteiger partial charge in [-0.15, -0.1) is 5.10 Å². The second-order valence-electron chi connectivity index (χ2n) is 5.25. The first kappa shape index (κ1) is 15.5. The Balaban J connectivity index is 1.83. The Kier molecular flexibility index (Phi) is 4.29. The summed E-state index contributed by atoms with van der Waals surface area (Å²) in [6.45, 7) is 3.98. The second kappa shape index (κ2) is 6.37. The van der Waals surface area contributed by atoms with Crippen LogP contribution in [0, 0.1) is 13.8 Å². The highest BCUT2D eigenvalue weighted by Crippen LogP contribution is 2.23. The van der Waals surface area contributed by atoms with Crippen molar-refractivity contribution < 1.29 is 4.79 Å². The molecule has 0 aliphatic carbocycles. The quantitative estimate of drug-likeness (QED) is 0.532. The van der Waals surface area contributed by atoms with Crippen LogP contribution >= 0.6 is 11.8 Å². The molecule has 0 saturated heterocycles. The lowest BCUT2D eigenvalue weighted by atomic mass is 10.2. The fourth-order valence-electron chi connectivity index (χ4n) is 2.57. The largest absolute Gasteiger partial charge is 0.318 e. The second-order valence-corrected chi connectivity index (χ2v) is 6.20. The number of thioether (sulfide) groups is 1. The molecular weight excluding hydrogens is 310 g/mol. The number of hydrogen-bond acceptors (Lipinski definition) is 5. The van der Waals surface area contributed by atoms with Crippen molar-refractivity contribution in [3.8, 4) is 5.69 Å². The van der Waals surface area contributed by atoms with E-state index < -0.39 is 0 Å². The molecule has 0 aliphatic heterocycles. The van der Waals surface area contributed by atoms with Gasteiger partial charge in [-0.25, -0.2) is 4.68 Å². The first-order valence-corrected chi connectivity index (χ1v) is 8.19. The van der Waals surface area contributed by atoms with Gasteiger partial charge in [0.25, 0.3) is 0 Å². The van der Waals surface area contributed by atoms with E-state index in [1.54, 1.807) is 11.7 Å². The number of tetrazole rings is 1. The predicted octanol–water partition coefficient (Wildman–Crippen LogP) is 2.59. The minimum atomic E-state index is 0.0771. The summed E-state index contributed by atoms with van der Waals surface area (Å²) >= 11 is 1.34. The number of carbonyl (C=O) groups excluding carboxylic acids is 1. The zero-order valence-electron chi connectivity index (χ0n) is 13.2. The van der Waals surface area contributed by atoms with E-state index in [4.69, 9.17) is 0 Å². The van der Waals surface area contributed by atoms with Gasteiger partial charge in [0.15, 0.2) is 5.78 Å². The molecule has 0 spiro atoms. The normalized spacial score (nSPS) is 10.9. The average Bonchev–Trinajstić information content (AvgIpc) is 3.09. The first-order valence-electron chi connectivity index (χ1n) is 7.20. The molecule has 6 nitrogen and oxygen atoms in total. The monoisotopic (exact) mass is 327 g/mol. The zero-order valence-corrected chi connectivity index (χ0v) is 14.0. The summed E-state index contributed by atoms with van der Waals surface area (Å²) < 4.78 is 3.66. The molecule has 7 heteroatoms. The molecule has 0 N–H and O–H groups in total. The Labute approximate surface area is 138 Å². The van der Waals surface area contributed by atoms with Crippen LogP contribution in [0.25, 0.3) is 5.69 Å². The van der Waals surface area contributed by atoms with Crippen molar-refractivity contribution in [2.24, 2.45) is 7.05 Å². The van der Waals surface area contributed by atoms with E-state index in [0.29, 0.717) is 10.9 Å². The standard InChI is InChI=1S/C16H17N5OS/c1-11-9-14(12(2)21(11)13-7-5-4-6-8-13)15(22)10-23-16-17-18-19-20(16)3/h4-9H,10H2,1-3H3. The van der Waals surface area contributed by atoms with Crippen LogP contribution < -0.4 is 0 Å². The van der Waals surface area contributed by atoms with E-state index in [-0.39, 0.29) is 5.78 Å². The molecule has 0 unspecified atom stereocenters. The van der Waals surface area contributed by atoms with E-state index in [9.17, 15) is 4.79 Å². The fourth-order valence-corrected chi connectivity index (χ4v) is 3.30. The number of ketones is 1. The molecule has 3 rings (SSSR count). The van der Waals surface area contributed by atoms with Gasteiger partial charge in [0.2, 0.25) is 5.16 Å². The van der Waals surface area contributed by atoms with Crippen LogP contribution in [0.1, 0.15) is 21.7 Å². The summed E-state index contributed by atoms with van der Waals surface area (Å²) in [5, 5.41) is 11.9. The lowest BCUT2D eigenvalue weighted by Crippen LogP contribution is -2.06. The maximum absolute atomic E-state index is 12.6. The minimum Gasteiger partial charge on any atom is -0.318 e. The molecule has 0 radical (unpaired) electrons. The van der Waals surface area contributed by atoms with E-state index in [2.05, 4.69) is 20.1 Å². The van der Waals surface area contributed by atoms with Crippen molar-refractivity contribution in [2.75, 3.05) is 5.75 Å². The van der Waals surface area contributed by atoms with Crippen LogP contribution in [0.4, 0.5) is 0 Å². The number of para-hydroxylation sites is 1. The van der Waals surface area contributed by atoms with Crippen molar-refractivity contribution >= 4 is 17.5 Å². The number of rotatable bonds is 5. The fraction of sp³-hybridized carbons (Fsp3) is 0.250. The molecule has 0 fully saturated rings. The molecule has 1 aromatic carbocycles. The Morgan fingerprint density at radius 1 is 1.22 bits per heavy atom. The molecule has 0 bridgehead atoms. The highest BCUT2D eigenvalue weighted by Gasteiger charge is 2.17. The zero-order chi connectivity index (χ0) is 16.4. The molecule has 0 saturated carbocycles. The van der Waals surface area contributed by atoms with Gasteiger partial charge in [-0.1, -0.05) is 30.0 Å². The smallest absolute Gasteiger partial charge is 0.209 e. The molecule has 23 heavy (non-hydrogen) atoms. The van der Waals surface area contributed by atoms with Gasteiger partial charge < -0.3 is 4.57 Å². The molecular formula is C16H17N5OS. The van der Waals surface area contributed by atoms with Crippen LogP contribution in [0.3, 0.4) is 0 Å². The van der Waals surface area contributed by atoms with Crippen molar-refractivity contribution in [3.63, 3.8) is 0 Å². The average molecular weight is 327 g/mol. The molecule has 0 atom stereocenters. The molecule has 2 aromatic heterocycles. The SMILES string of the molecule is Cc1cc(C(=O)CSc2nnnn2C)c(C)n1-c1ccccc1. The van der Waals surface area contributed by atoms with Crippen molar-refractivity contribution in [1.29, 1.82) is 0 Å². The van der Waals surface area contributed by atoms with Crippen LogP contribution in [0.2, 0.25) is 0 Å². The number of aryl methyl sites for hydroxylation is 2. The summed E-state index contributed by atoms with van der Waals surface area (Å²) in [7, 11) is 1.76. The van der Waals surface area contributed by atoms with Gasteiger partial charge >= 0.3 is 0 Å². The van der Waals surface area contributed by atoms with Crippen molar-refractivity contribution in [1.82, 2.24) is 24.8 Å². The molecule has 0 amide bonds. The van der Waals surface area contributed by atoms with Crippen LogP contribution in [-0.4, -0.2) is 36.3 Å². The number of benzene rings is 1. The summed E-state index contributed by atoms with van der Waals surface area (Å²) in [6, 6.07) is 12.0. The van der Waals surface area contributed by atoms with E-state index >= 15 is 0 Å². The number of carbonyl (C=O) groups is 1. The number of nitrogens with zero attached hydrogens (tertiary/aromatic N) is 5. The van der Waals surface area contributed by atoms with Crippen LogP contribution in [-0.2, 0) is 7.05 Å². The van der Waals surface area contributed by atoms with E-state index in [1.165, 1.54) is 11.8 Å². The first-order chi connectivity index (χ1) is 11.1. The number of aromatic nitrogens is 5. The minimum absolute atomic E-state index is 0.0771. The topological polar surface area (TPSA) is 65.6 Å². The third-order valence-corrected chi connectivity index (χ3v) is 4.67. The highest BCUT2D eigenvalue weighted by atomic mass is 32.2. The summed E-state index contributed by atoms with van der Waals surface area (Å²) in [6.07, 6.45) is 0. The third kappa shape index (κ3) is 3.05. The maximum Gasteiger partial charge on any atom is 0.209 e. The summed E-state index contributed by atoms with van der Waals surface area (Å²) in [5.41, 5.74) is 3.80. The predicted molar refractivity (Wildman–Crippen MR) is 89.1 cm³/mol. The van der Waals surface area contributed by atoms with E-state index in [1.807, 2.05) is 50.2 Å². The van der Waals surface area contributed by atoms with Gasteiger partial charge in [-0.05, 0) is 42.5 Å². The number of hydrogen-bond donors (Lipinski definition) is 0. The van der Waals surface area contributed by atoms with Gasteiger partial charge in [-0.2, -0.15) is 0 Å². The van der Waals surface area contributed by atoms with Crippen molar-refractivity contribution in [3.05, 3.63) is 53.3 Å². The molecule has 2 heterocycles. The lowest BCUT2D eigenvalue weighted by molar-refractivity contribution is 0.102.